The summed E-state index contributed by atoms with van der Waals surface area (Å²) in [6.45, 7) is 80.6. The van der Waals surface area contributed by atoms with Gasteiger partial charge in [0.25, 0.3) is 0 Å². The van der Waals surface area contributed by atoms with Crippen LogP contribution in [0.3, 0.4) is 0 Å². The summed E-state index contributed by atoms with van der Waals surface area (Å²) < 4.78 is 16.6. The fourth-order valence-corrected chi connectivity index (χ4v) is 15.7. The molecule has 0 aliphatic carbocycles. The third kappa shape index (κ3) is 70.7. The molecule has 0 radical (unpaired) electrons. The molecule has 0 bridgehead atoms. The highest BCUT2D eigenvalue weighted by Crippen LogP contribution is 2.21. The Morgan fingerprint density at radius 3 is 0.603 bits per heavy atom. The van der Waals surface area contributed by atoms with Crippen LogP contribution in [0.25, 0.3) is 0 Å². The predicted octanol–water partition coefficient (Wildman–Crippen LogP) is 29.5. The van der Waals surface area contributed by atoms with Crippen molar-refractivity contribution in [2.24, 2.45) is 94.7 Å². The molecule has 8 aromatic heterocycles. The molecule has 0 saturated heterocycles. The molecule has 784 valence electrons. The first-order chi connectivity index (χ1) is 64.7. The second-order valence-corrected chi connectivity index (χ2v) is 46.2. The van der Waals surface area contributed by atoms with Gasteiger partial charge in [0.2, 0.25) is 0 Å². The molecule has 24 nitrogen and oxygen atoms in total. The maximum atomic E-state index is 4.18. The maximum Gasteiger partial charge on any atom is 0.0725 e. The van der Waals surface area contributed by atoms with Crippen LogP contribution in [0.15, 0.2) is 49.6 Å². The molecule has 0 atom stereocenters. The maximum absolute atomic E-state index is 4.18. The van der Waals surface area contributed by atoms with Crippen LogP contribution in [0.5, 0.6) is 0 Å². The standard InChI is InChI=1S/8C14H27N3/c1-12(2)7-5-9-14-11-15-16-17(14)10-6-8-13(3)4;2*1-12(2)7-5-6-10-17-14(11-15-16-17)9-8-13(3)4;2*1-12(2)7-5-6-8-14-11-15-16-17(14)10-9-13(3)4;2*1-12(2)8-6-5-7-9-14-10-15-16-17(14)11-13(3)4;1-12(2)8-6-5-7-9-17-14(10-13(3)4)11-15-16-17/h5*11-13H,5-10H2,1-4H3;2*10,12-13H,5-9,11H2,1-4H3;11-13H,5-10H2,1-4H3. The number of aromatic nitrogens is 24. The quantitative estimate of drug-likeness (QED) is 0.0322. The normalized spacial score (nSPS) is 11.6. The highest BCUT2D eigenvalue weighted by atomic mass is 15.5. The molecule has 0 aliphatic rings. The Bertz CT molecular complexity index is 3490. The lowest BCUT2D eigenvalue weighted by atomic mass is 10.0. The van der Waals surface area contributed by atoms with Gasteiger partial charge >= 0.3 is 0 Å². The summed E-state index contributed by atoms with van der Waals surface area (Å²) in [5.74, 6) is 12.2. The molecule has 0 spiro atoms. The van der Waals surface area contributed by atoms with E-state index < -0.39 is 0 Å². The van der Waals surface area contributed by atoms with Crippen molar-refractivity contribution in [1.29, 1.82) is 0 Å². The van der Waals surface area contributed by atoms with E-state index in [9.17, 15) is 0 Å². The van der Waals surface area contributed by atoms with Crippen LogP contribution in [0, 0.1) is 94.7 Å². The Kier molecular flexibility index (Phi) is 74.5. The summed E-state index contributed by atoms with van der Waals surface area (Å²) in [6.07, 6.45) is 65.3. The first-order valence-corrected chi connectivity index (χ1v) is 55.7. The molecule has 24 heteroatoms. The SMILES string of the molecule is CC(C)CCCCCc1cnnn1CC(C)C.CC(C)CCCCCc1cnnn1CC(C)C.CC(C)CCCCCn1nncc1CC(C)C.CC(C)CCCCc1cnnn1CCC(C)C.CC(C)CCCCc1cnnn1CCC(C)C.CC(C)CCCCn1nncc1CCC(C)C.CC(C)CCCCn1nncc1CCC(C)C.CC(C)CCCc1cnnn1CCCC(C)C. The first kappa shape index (κ1) is 127. The minimum Gasteiger partial charge on any atom is -0.249 e. The molecule has 136 heavy (non-hydrogen) atoms. The van der Waals surface area contributed by atoms with Crippen molar-refractivity contribution >= 4 is 0 Å². The summed E-state index contributed by atoms with van der Waals surface area (Å²) in [5, 5.41) is 65.5. The van der Waals surface area contributed by atoms with Crippen molar-refractivity contribution in [1.82, 2.24) is 120 Å². The fourth-order valence-electron chi connectivity index (χ4n) is 15.7. The summed E-state index contributed by atoms with van der Waals surface area (Å²) in [7, 11) is 0. The van der Waals surface area contributed by atoms with Gasteiger partial charge in [-0.15, -0.1) is 40.8 Å². The zero-order chi connectivity index (χ0) is 101. The van der Waals surface area contributed by atoms with Crippen LogP contribution >= 0.6 is 0 Å². The second-order valence-electron chi connectivity index (χ2n) is 46.2. The molecule has 8 rings (SSSR count). The Morgan fingerprint density at radius 2 is 0.331 bits per heavy atom. The van der Waals surface area contributed by atoms with Gasteiger partial charge in [-0.2, -0.15) is 0 Å². The van der Waals surface area contributed by atoms with Crippen molar-refractivity contribution in [3.05, 3.63) is 95.1 Å². The van der Waals surface area contributed by atoms with Gasteiger partial charge in [0.15, 0.2) is 0 Å². The lowest BCUT2D eigenvalue weighted by molar-refractivity contribution is 0.453. The van der Waals surface area contributed by atoms with Gasteiger partial charge < -0.3 is 0 Å². The zero-order valence-corrected chi connectivity index (χ0v) is 94.5. The zero-order valence-electron chi connectivity index (χ0n) is 94.5. The summed E-state index contributed by atoms with van der Waals surface area (Å²) in [5.41, 5.74) is 10.4. The van der Waals surface area contributed by atoms with Gasteiger partial charge in [0, 0.05) is 52.4 Å². The third-order valence-electron chi connectivity index (χ3n) is 24.2. The van der Waals surface area contributed by atoms with E-state index in [0.717, 1.165) is 181 Å². The summed E-state index contributed by atoms with van der Waals surface area (Å²) >= 11 is 0. The molecular formula is C112H216N24. The van der Waals surface area contributed by atoms with E-state index in [2.05, 4.69) is 342 Å². The Labute approximate surface area is 835 Å². The van der Waals surface area contributed by atoms with Gasteiger partial charge in [0.1, 0.15) is 0 Å². The van der Waals surface area contributed by atoms with Crippen LogP contribution in [0.4, 0.5) is 0 Å². The molecule has 0 aromatic carbocycles. The lowest BCUT2D eigenvalue weighted by Gasteiger charge is -2.08. The third-order valence-corrected chi connectivity index (χ3v) is 24.2. The molecule has 0 saturated carbocycles. The molecule has 0 fully saturated rings. The second kappa shape index (κ2) is 79.8. The Balaban J connectivity index is 0.000000777. The van der Waals surface area contributed by atoms with Gasteiger partial charge in [-0.1, -0.05) is 379 Å². The van der Waals surface area contributed by atoms with Crippen LogP contribution < -0.4 is 0 Å². The van der Waals surface area contributed by atoms with Crippen molar-refractivity contribution in [3.63, 3.8) is 0 Å². The predicted molar refractivity (Wildman–Crippen MR) is 575 cm³/mol. The largest absolute Gasteiger partial charge is 0.249 e. The van der Waals surface area contributed by atoms with Gasteiger partial charge in [-0.05, 0) is 236 Å². The molecule has 0 aliphatic heterocycles. The number of hydrogen-bond acceptors (Lipinski definition) is 16. The summed E-state index contributed by atoms with van der Waals surface area (Å²) in [4.78, 5) is 0. The molecule has 0 amide bonds. The molecular weight excluding hydrogens is 1680 g/mol. The van der Waals surface area contributed by atoms with E-state index in [1.165, 1.54) is 251 Å². The van der Waals surface area contributed by atoms with Crippen LogP contribution in [0.1, 0.15) is 473 Å². The highest BCUT2D eigenvalue weighted by Gasteiger charge is 2.15. The summed E-state index contributed by atoms with van der Waals surface area (Å²) in [6, 6.07) is 0. The first-order valence-electron chi connectivity index (χ1n) is 55.7. The lowest BCUT2D eigenvalue weighted by Crippen LogP contribution is -2.09. The number of unbranched alkanes of at least 4 members (excludes halogenated alkanes) is 10. The molecule has 0 N–H and O–H groups in total. The number of nitrogens with zero attached hydrogens (tertiary/aromatic N) is 24. The topological polar surface area (TPSA) is 246 Å². The van der Waals surface area contributed by atoms with E-state index in [4.69, 9.17) is 0 Å². The van der Waals surface area contributed by atoms with Crippen molar-refractivity contribution in [2.45, 2.75) is 531 Å². The average molecular weight is 1900 g/mol. The van der Waals surface area contributed by atoms with Crippen LogP contribution in [-0.2, 0) is 104 Å². The monoisotopic (exact) mass is 1900 g/mol. The van der Waals surface area contributed by atoms with Gasteiger partial charge in [-0.25, -0.2) is 37.5 Å². The number of hydrogen-bond donors (Lipinski definition) is 0. The van der Waals surface area contributed by atoms with Crippen molar-refractivity contribution in [2.75, 3.05) is 0 Å². The minimum absolute atomic E-state index is 0.636. The number of aryl methyl sites for hydroxylation is 13. The van der Waals surface area contributed by atoms with Crippen molar-refractivity contribution < 1.29 is 0 Å². The van der Waals surface area contributed by atoms with E-state index in [0.29, 0.717) is 17.8 Å². The highest BCUT2D eigenvalue weighted by molar-refractivity contribution is 5.00. The van der Waals surface area contributed by atoms with Crippen LogP contribution in [0.2, 0.25) is 0 Å². The van der Waals surface area contributed by atoms with E-state index in [1.54, 1.807) is 0 Å². The fraction of sp³-hybridized carbons (Fsp3) is 0.857. The van der Waals surface area contributed by atoms with E-state index >= 15 is 0 Å². The van der Waals surface area contributed by atoms with Gasteiger partial charge in [0.05, 0.1) is 95.1 Å². The van der Waals surface area contributed by atoms with E-state index in [-0.39, 0.29) is 0 Å². The van der Waals surface area contributed by atoms with Crippen LogP contribution in [-0.4, -0.2) is 120 Å². The van der Waals surface area contributed by atoms with Gasteiger partial charge in [-0.3, -0.25) is 0 Å². The average Bonchev–Trinajstić information content (AvgIpc) is 1.78. The molecule has 0 unspecified atom stereocenters. The van der Waals surface area contributed by atoms with E-state index in [1.807, 2.05) is 49.6 Å². The van der Waals surface area contributed by atoms with Crippen molar-refractivity contribution in [3.8, 4) is 0 Å². The molecule has 8 heterocycles. The molecule has 8 aromatic rings. The smallest absolute Gasteiger partial charge is 0.0725 e. The number of rotatable bonds is 64. The minimum atomic E-state index is 0.636. The Morgan fingerprint density at radius 1 is 0.147 bits per heavy atom. The Hall–Kier alpha value is -6.88.